The van der Waals surface area contributed by atoms with E-state index in [9.17, 15) is 21.6 Å². The molecule has 0 amide bonds. The van der Waals surface area contributed by atoms with Gasteiger partial charge in [-0.15, -0.1) is 0 Å². The molecule has 0 bridgehead atoms. The van der Waals surface area contributed by atoms with Crippen LogP contribution in [0.4, 0.5) is 13.2 Å². The smallest absolute Gasteiger partial charge is 0.241 e. The summed E-state index contributed by atoms with van der Waals surface area (Å²) in [7, 11) is -4.34. The van der Waals surface area contributed by atoms with E-state index in [2.05, 4.69) is 14.9 Å². The maximum Gasteiger partial charge on any atom is 0.241 e. The van der Waals surface area contributed by atoms with Crippen molar-refractivity contribution in [2.45, 2.75) is 31.2 Å². The number of sulfonamides is 1. The Morgan fingerprint density at radius 1 is 1.18 bits per heavy atom. The number of rotatable bonds is 4. The Labute approximate surface area is 124 Å². The Balaban J connectivity index is 2.39. The largest absolute Gasteiger partial charge is 0.340 e. The number of halogens is 3. The van der Waals surface area contributed by atoms with Gasteiger partial charge in [0.15, 0.2) is 23.3 Å². The van der Waals surface area contributed by atoms with Gasteiger partial charge in [0.25, 0.3) is 0 Å². The summed E-state index contributed by atoms with van der Waals surface area (Å²) in [5.74, 6) is -4.69. The second-order valence-electron chi connectivity index (χ2n) is 5.07. The molecule has 2 aromatic rings. The van der Waals surface area contributed by atoms with E-state index in [1.165, 1.54) is 20.8 Å². The molecule has 0 saturated carbocycles. The Hall–Kier alpha value is -1.94. The molecule has 2 rings (SSSR count). The first-order valence-corrected chi connectivity index (χ1v) is 7.50. The van der Waals surface area contributed by atoms with Gasteiger partial charge in [0.05, 0.1) is 10.4 Å². The molecule has 0 atom stereocenters. The monoisotopic (exact) mass is 335 g/mol. The number of hydrogen-bond donors (Lipinski definition) is 1. The normalized spacial score (nSPS) is 12.6. The van der Waals surface area contributed by atoms with Crippen LogP contribution < -0.4 is 4.72 Å². The third-order valence-corrected chi connectivity index (χ3v) is 4.38. The zero-order valence-electron chi connectivity index (χ0n) is 11.8. The predicted molar refractivity (Wildman–Crippen MR) is 68.7 cm³/mol. The lowest BCUT2D eigenvalue weighted by Crippen LogP contribution is -2.41. The van der Waals surface area contributed by atoms with Crippen molar-refractivity contribution in [2.75, 3.05) is 0 Å². The van der Waals surface area contributed by atoms with E-state index in [1.807, 2.05) is 0 Å². The van der Waals surface area contributed by atoms with Crippen molar-refractivity contribution in [1.29, 1.82) is 0 Å². The first kappa shape index (κ1) is 16.4. The summed E-state index contributed by atoms with van der Waals surface area (Å²) in [6.45, 7) is 4.39. The number of benzene rings is 1. The standard InChI is InChI=1S/C12H12F3N3O3S/c1-6-16-11(17-21-6)12(2,3)18-22(19,20)7-4-8(13)10(15)9(14)5-7/h4-5,18H,1-3H3. The topological polar surface area (TPSA) is 85.1 Å². The Kier molecular flexibility index (Phi) is 4.00. The molecule has 1 heterocycles. The number of hydrogen-bond acceptors (Lipinski definition) is 5. The van der Waals surface area contributed by atoms with E-state index in [-0.39, 0.29) is 11.7 Å². The Bertz CT molecular complexity index is 795. The van der Waals surface area contributed by atoms with Crippen LogP contribution in [0.1, 0.15) is 25.6 Å². The molecule has 1 aromatic heterocycles. The van der Waals surface area contributed by atoms with Gasteiger partial charge in [0.2, 0.25) is 15.9 Å². The van der Waals surface area contributed by atoms with Gasteiger partial charge < -0.3 is 4.52 Å². The summed E-state index contributed by atoms with van der Waals surface area (Å²) in [6, 6.07) is 0.774. The molecular formula is C12H12F3N3O3S. The SMILES string of the molecule is Cc1nc(C(C)(C)NS(=O)(=O)c2cc(F)c(F)c(F)c2)no1. The van der Waals surface area contributed by atoms with Gasteiger partial charge in [-0.25, -0.2) is 21.6 Å². The molecule has 22 heavy (non-hydrogen) atoms. The van der Waals surface area contributed by atoms with Crippen LogP contribution >= 0.6 is 0 Å². The van der Waals surface area contributed by atoms with Crippen molar-refractivity contribution in [3.63, 3.8) is 0 Å². The molecule has 10 heteroatoms. The molecule has 0 aliphatic carbocycles. The minimum atomic E-state index is -4.34. The van der Waals surface area contributed by atoms with Gasteiger partial charge in [0, 0.05) is 6.92 Å². The van der Waals surface area contributed by atoms with Crippen molar-refractivity contribution in [1.82, 2.24) is 14.9 Å². The van der Waals surface area contributed by atoms with Crippen LogP contribution in [0.5, 0.6) is 0 Å². The molecule has 1 N–H and O–H groups in total. The molecule has 0 aliphatic rings. The van der Waals surface area contributed by atoms with Crippen molar-refractivity contribution < 1.29 is 26.1 Å². The van der Waals surface area contributed by atoms with Crippen LogP contribution in [0.15, 0.2) is 21.6 Å². The number of nitrogens with zero attached hydrogens (tertiary/aromatic N) is 2. The van der Waals surface area contributed by atoms with Crippen LogP contribution in [0.25, 0.3) is 0 Å². The van der Waals surface area contributed by atoms with Crippen LogP contribution in [0.2, 0.25) is 0 Å². The van der Waals surface area contributed by atoms with Gasteiger partial charge in [-0.2, -0.15) is 9.71 Å². The van der Waals surface area contributed by atoms with Crippen molar-refractivity contribution in [3.05, 3.63) is 41.3 Å². The summed E-state index contributed by atoms with van der Waals surface area (Å²) in [4.78, 5) is 3.14. The van der Waals surface area contributed by atoms with Crippen molar-refractivity contribution in [2.24, 2.45) is 0 Å². The number of aryl methyl sites for hydroxylation is 1. The highest BCUT2D eigenvalue weighted by atomic mass is 32.2. The van der Waals surface area contributed by atoms with Crippen LogP contribution in [-0.4, -0.2) is 18.6 Å². The van der Waals surface area contributed by atoms with Crippen molar-refractivity contribution >= 4 is 10.0 Å². The zero-order valence-corrected chi connectivity index (χ0v) is 12.6. The molecule has 6 nitrogen and oxygen atoms in total. The minimum Gasteiger partial charge on any atom is -0.340 e. The molecule has 0 saturated heterocycles. The van der Waals surface area contributed by atoms with E-state index in [0.717, 1.165) is 0 Å². The fourth-order valence-corrected chi connectivity index (χ4v) is 3.08. The highest BCUT2D eigenvalue weighted by molar-refractivity contribution is 7.89. The van der Waals surface area contributed by atoms with Crippen LogP contribution in [0.3, 0.4) is 0 Å². The van der Waals surface area contributed by atoms with E-state index >= 15 is 0 Å². The first-order chi connectivity index (χ1) is 10.0. The summed E-state index contributed by atoms with van der Waals surface area (Å²) in [5, 5.41) is 3.59. The average Bonchev–Trinajstić information content (AvgIpc) is 2.81. The lowest BCUT2D eigenvalue weighted by atomic mass is 10.1. The fraction of sp³-hybridized carbons (Fsp3) is 0.333. The lowest BCUT2D eigenvalue weighted by Gasteiger charge is -2.22. The summed E-state index contributed by atoms with van der Waals surface area (Å²) in [5.41, 5.74) is -1.31. The molecular weight excluding hydrogens is 323 g/mol. The molecule has 120 valence electrons. The third-order valence-electron chi connectivity index (χ3n) is 2.74. The van der Waals surface area contributed by atoms with Crippen LogP contribution in [0, 0.1) is 24.4 Å². The average molecular weight is 335 g/mol. The van der Waals surface area contributed by atoms with Gasteiger partial charge in [-0.3, -0.25) is 0 Å². The third kappa shape index (κ3) is 3.12. The highest BCUT2D eigenvalue weighted by Crippen LogP contribution is 2.23. The highest BCUT2D eigenvalue weighted by Gasteiger charge is 2.33. The van der Waals surface area contributed by atoms with Crippen molar-refractivity contribution in [3.8, 4) is 0 Å². The first-order valence-electron chi connectivity index (χ1n) is 6.02. The fourth-order valence-electron chi connectivity index (χ4n) is 1.68. The zero-order chi connectivity index (χ0) is 16.7. The molecule has 0 fully saturated rings. The second kappa shape index (κ2) is 5.36. The van der Waals surface area contributed by atoms with E-state index < -0.39 is 37.9 Å². The van der Waals surface area contributed by atoms with Gasteiger partial charge in [-0.05, 0) is 26.0 Å². The van der Waals surface area contributed by atoms with E-state index in [0.29, 0.717) is 12.1 Å². The van der Waals surface area contributed by atoms with Crippen LogP contribution in [-0.2, 0) is 15.6 Å². The number of nitrogens with one attached hydrogen (secondary N) is 1. The molecule has 0 radical (unpaired) electrons. The molecule has 1 aromatic carbocycles. The van der Waals surface area contributed by atoms with E-state index in [4.69, 9.17) is 4.52 Å². The molecule has 0 aliphatic heterocycles. The summed E-state index contributed by atoms with van der Waals surface area (Å²) in [6.07, 6.45) is 0. The number of aromatic nitrogens is 2. The Morgan fingerprint density at radius 3 is 2.18 bits per heavy atom. The van der Waals surface area contributed by atoms with Gasteiger partial charge in [0.1, 0.15) is 0 Å². The van der Waals surface area contributed by atoms with Gasteiger partial charge >= 0.3 is 0 Å². The second-order valence-corrected chi connectivity index (χ2v) is 6.75. The quantitative estimate of drug-likeness (QED) is 0.864. The van der Waals surface area contributed by atoms with Gasteiger partial charge in [-0.1, -0.05) is 5.16 Å². The summed E-state index contributed by atoms with van der Waals surface area (Å²) >= 11 is 0. The molecule has 0 spiro atoms. The summed E-state index contributed by atoms with van der Waals surface area (Å²) < 4.78 is 70.6. The van der Waals surface area contributed by atoms with E-state index in [1.54, 1.807) is 0 Å². The Morgan fingerprint density at radius 2 is 1.73 bits per heavy atom. The minimum absolute atomic E-state index is 0.0385. The predicted octanol–water partition coefficient (Wildman–Crippen LogP) is 2.01. The lowest BCUT2D eigenvalue weighted by molar-refractivity contribution is 0.362. The maximum atomic E-state index is 13.2. The molecule has 0 unspecified atom stereocenters. The maximum absolute atomic E-state index is 13.2.